The molecule has 0 radical (unpaired) electrons. The van der Waals surface area contributed by atoms with E-state index in [0.29, 0.717) is 5.39 Å². The van der Waals surface area contributed by atoms with Gasteiger partial charge in [0.05, 0.1) is 11.1 Å². The number of phenols is 1. The summed E-state index contributed by atoms with van der Waals surface area (Å²) in [5, 5.41) is 15.1. The number of nitrogens with zero attached hydrogens (tertiary/aromatic N) is 2. The summed E-state index contributed by atoms with van der Waals surface area (Å²) in [5.41, 5.74) is 1.49. The van der Waals surface area contributed by atoms with Crippen molar-refractivity contribution in [1.82, 2.24) is 9.78 Å². The molecule has 0 saturated carbocycles. The van der Waals surface area contributed by atoms with E-state index in [1.807, 2.05) is 18.2 Å². The molecule has 3 aromatic rings. The largest absolute Gasteiger partial charge is 0.508 e. The number of rotatable bonds is 1. The van der Waals surface area contributed by atoms with Gasteiger partial charge in [-0.3, -0.25) is 4.79 Å². The molecule has 0 bridgehead atoms. The molecule has 4 heteroatoms. The number of benzene rings is 2. The monoisotopic (exact) mass is 252 g/mol. The van der Waals surface area contributed by atoms with Gasteiger partial charge in [-0.15, -0.1) is 0 Å². The zero-order chi connectivity index (χ0) is 13.4. The van der Waals surface area contributed by atoms with Crippen molar-refractivity contribution < 1.29 is 5.11 Å². The normalized spacial score (nSPS) is 10.8. The smallest absolute Gasteiger partial charge is 0.274 e. The average Bonchev–Trinajstić information content (AvgIpc) is 2.44. The third-order valence-electron chi connectivity index (χ3n) is 3.10. The van der Waals surface area contributed by atoms with Crippen molar-refractivity contribution in [2.24, 2.45) is 7.05 Å². The van der Waals surface area contributed by atoms with Crippen LogP contribution >= 0.6 is 0 Å². The van der Waals surface area contributed by atoms with Crippen LogP contribution in [0.15, 0.2) is 53.3 Å². The van der Waals surface area contributed by atoms with Crippen LogP contribution < -0.4 is 5.56 Å². The number of hydrogen-bond donors (Lipinski definition) is 1. The summed E-state index contributed by atoms with van der Waals surface area (Å²) < 4.78 is 1.34. The van der Waals surface area contributed by atoms with Gasteiger partial charge >= 0.3 is 0 Å². The van der Waals surface area contributed by atoms with Crippen molar-refractivity contribution in [1.29, 1.82) is 0 Å². The highest BCUT2D eigenvalue weighted by Crippen LogP contribution is 2.25. The summed E-state index contributed by atoms with van der Waals surface area (Å²) in [6.07, 6.45) is 0. The van der Waals surface area contributed by atoms with Crippen molar-refractivity contribution in [2.75, 3.05) is 0 Å². The SMILES string of the molecule is Cn1nc(-c2ccc(O)cc2)c2ccccc2c1=O. The summed E-state index contributed by atoms with van der Waals surface area (Å²) >= 11 is 0. The first-order chi connectivity index (χ1) is 9.16. The van der Waals surface area contributed by atoms with Gasteiger partial charge < -0.3 is 5.11 Å². The van der Waals surface area contributed by atoms with Gasteiger partial charge in [-0.25, -0.2) is 4.68 Å². The molecule has 3 rings (SSSR count). The summed E-state index contributed by atoms with van der Waals surface area (Å²) in [6, 6.07) is 14.2. The molecule has 4 nitrogen and oxygen atoms in total. The van der Waals surface area contributed by atoms with Gasteiger partial charge in [0.25, 0.3) is 5.56 Å². The first kappa shape index (κ1) is 11.5. The number of aromatic nitrogens is 2. The molecule has 2 aromatic carbocycles. The Bertz CT molecular complexity index is 804. The molecule has 1 heterocycles. The maximum absolute atomic E-state index is 12.0. The van der Waals surface area contributed by atoms with E-state index in [2.05, 4.69) is 5.10 Å². The van der Waals surface area contributed by atoms with Crippen LogP contribution in [0.2, 0.25) is 0 Å². The van der Waals surface area contributed by atoms with E-state index in [9.17, 15) is 9.90 Å². The topological polar surface area (TPSA) is 55.1 Å². The maximum atomic E-state index is 12.0. The minimum atomic E-state index is -0.113. The highest BCUT2D eigenvalue weighted by Gasteiger charge is 2.09. The molecular formula is C15H12N2O2. The van der Waals surface area contributed by atoms with Crippen LogP contribution in [0.4, 0.5) is 0 Å². The molecule has 1 N–H and O–H groups in total. The number of hydrogen-bond acceptors (Lipinski definition) is 3. The van der Waals surface area contributed by atoms with E-state index >= 15 is 0 Å². The van der Waals surface area contributed by atoms with Gasteiger partial charge in [0.15, 0.2) is 0 Å². The Hall–Kier alpha value is -2.62. The van der Waals surface area contributed by atoms with Crippen LogP contribution in [0.1, 0.15) is 0 Å². The van der Waals surface area contributed by atoms with Crippen molar-refractivity contribution in [3.05, 3.63) is 58.9 Å². The molecule has 0 aliphatic rings. The molecule has 0 aliphatic carbocycles. The van der Waals surface area contributed by atoms with E-state index in [1.54, 1.807) is 37.4 Å². The molecule has 0 spiro atoms. The minimum absolute atomic E-state index is 0.113. The Morgan fingerprint density at radius 1 is 1.00 bits per heavy atom. The van der Waals surface area contributed by atoms with Crippen LogP contribution in [0.5, 0.6) is 5.75 Å². The van der Waals surface area contributed by atoms with Gasteiger partial charge in [-0.2, -0.15) is 5.10 Å². The predicted molar refractivity (Wildman–Crippen MR) is 74.1 cm³/mol. The Morgan fingerprint density at radius 3 is 2.32 bits per heavy atom. The van der Waals surface area contributed by atoms with Crippen LogP contribution in [-0.4, -0.2) is 14.9 Å². The molecule has 0 atom stereocenters. The second-order valence-corrected chi connectivity index (χ2v) is 4.37. The molecule has 0 saturated heterocycles. The molecule has 0 fully saturated rings. The molecule has 0 amide bonds. The van der Waals surface area contributed by atoms with Crippen molar-refractivity contribution >= 4 is 10.8 Å². The third-order valence-corrected chi connectivity index (χ3v) is 3.10. The van der Waals surface area contributed by atoms with Gasteiger partial charge in [0.1, 0.15) is 5.75 Å². The molecular weight excluding hydrogens is 240 g/mol. The van der Waals surface area contributed by atoms with Crippen LogP contribution in [0.25, 0.3) is 22.0 Å². The fourth-order valence-corrected chi connectivity index (χ4v) is 2.13. The summed E-state index contributed by atoms with van der Waals surface area (Å²) in [4.78, 5) is 12.0. The Kier molecular flexibility index (Phi) is 2.56. The molecule has 1 aromatic heterocycles. The van der Waals surface area contributed by atoms with E-state index in [0.717, 1.165) is 16.6 Å². The first-order valence-corrected chi connectivity index (χ1v) is 5.92. The van der Waals surface area contributed by atoms with Crippen LogP contribution in [0, 0.1) is 0 Å². The van der Waals surface area contributed by atoms with Crippen LogP contribution in [-0.2, 0) is 7.05 Å². The quantitative estimate of drug-likeness (QED) is 0.723. The van der Waals surface area contributed by atoms with E-state index in [1.165, 1.54) is 4.68 Å². The van der Waals surface area contributed by atoms with Gasteiger partial charge in [-0.1, -0.05) is 18.2 Å². The van der Waals surface area contributed by atoms with Crippen molar-refractivity contribution in [3.63, 3.8) is 0 Å². The Morgan fingerprint density at radius 2 is 1.63 bits per heavy atom. The molecule has 0 aliphatic heterocycles. The first-order valence-electron chi connectivity index (χ1n) is 5.92. The number of phenolic OH excluding ortho intramolecular Hbond substituents is 1. The number of aryl methyl sites for hydroxylation is 1. The predicted octanol–water partition coefficient (Wildman–Crippen LogP) is 2.31. The lowest BCUT2D eigenvalue weighted by Gasteiger charge is -2.08. The lowest BCUT2D eigenvalue weighted by atomic mass is 10.1. The Balaban J connectivity index is 2.38. The van der Waals surface area contributed by atoms with Crippen molar-refractivity contribution in [2.45, 2.75) is 0 Å². The van der Waals surface area contributed by atoms with Gasteiger partial charge in [0, 0.05) is 18.0 Å². The maximum Gasteiger partial charge on any atom is 0.274 e. The minimum Gasteiger partial charge on any atom is -0.508 e. The zero-order valence-corrected chi connectivity index (χ0v) is 10.4. The highest BCUT2D eigenvalue weighted by molar-refractivity contribution is 5.93. The standard InChI is InChI=1S/C15H12N2O2/c1-17-15(19)13-5-3-2-4-12(13)14(16-17)10-6-8-11(18)9-7-10/h2-9,18H,1H3. The van der Waals surface area contributed by atoms with E-state index in [4.69, 9.17) is 0 Å². The fraction of sp³-hybridized carbons (Fsp3) is 0.0667. The average molecular weight is 252 g/mol. The summed E-state index contributed by atoms with van der Waals surface area (Å²) in [5.74, 6) is 0.206. The van der Waals surface area contributed by atoms with Crippen molar-refractivity contribution in [3.8, 4) is 17.0 Å². The lowest BCUT2D eigenvalue weighted by molar-refractivity contribution is 0.475. The second kappa shape index (κ2) is 4.24. The molecule has 94 valence electrons. The lowest BCUT2D eigenvalue weighted by Crippen LogP contribution is -2.20. The third kappa shape index (κ3) is 1.87. The van der Waals surface area contributed by atoms with Gasteiger partial charge in [-0.05, 0) is 30.3 Å². The summed E-state index contributed by atoms with van der Waals surface area (Å²) in [6.45, 7) is 0. The second-order valence-electron chi connectivity index (χ2n) is 4.37. The highest BCUT2D eigenvalue weighted by atomic mass is 16.3. The summed E-state index contributed by atoms with van der Waals surface area (Å²) in [7, 11) is 1.64. The molecule has 19 heavy (non-hydrogen) atoms. The number of fused-ring (bicyclic) bond motifs is 1. The number of aromatic hydroxyl groups is 1. The van der Waals surface area contributed by atoms with E-state index < -0.39 is 0 Å². The molecule has 0 unspecified atom stereocenters. The Labute approximate surface area is 109 Å². The van der Waals surface area contributed by atoms with Crippen LogP contribution in [0.3, 0.4) is 0 Å². The van der Waals surface area contributed by atoms with Gasteiger partial charge in [0.2, 0.25) is 0 Å². The zero-order valence-electron chi connectivity index (χ0n) is 10.4. The fourth-order valence-electron chi connectivity index (χ4n) is 2.13. The van der Waals surface area contributed by atoms with E-state index in [-0.39, 0.29) is 11.3 Å².